The van der Waals surface area contributed by atoms with Crippen LogP contribution in [0, 0.1) is 6.92 Å². The highest BCUT2D eigenvalue weighted by Crippen LogP contribution is 2.26. The van der Waals surface area contributed by atoms with Crippen LogP contribution in [0.4, 0.5) is 17.5 Å². The van der Waals surface area contributed by atoms with Crippen molar-refractivity contribution < 1.29 is 13.2 Å². The number of benzene rings is 2. The molecule has 152 valence electrons. The molecule has 0 fully saturated rings. The Hall–Kier alpha value is -2.84. The number of sulfone groups is 1. The number of methoxy groups -OCH3 is 1. The topological polar surface area (TPSA) is 93.2 Å². The normalized spacial score (nSPS) is 11.2. The smallest absolute Gasteiger partial charge is 0.229 e. The maximum absolute atomic E-state index is 11.7. The van der Waals surface area contributed by atoms with Crippen LogP contribution in [0.3, 0.4) is 0 Å². The van der Waals surface area contributed by atoms with Gasteiger partial charge in [-0.25, -0.2) is 13.4 Å². The zero-order valence-corrected chi connectivity index (χ0v) is 17.8. The minimum Gasteiger partial charge on any atom is -0.497 e. The van der Waals surface area contributed by atoms with Crippen molar-refractivity contribution in [2.45, 2.75) is 18.4 Å². The average Bonchev–Trinajstić information content (AvgIpc) is 2.69. The fraction of sp³-hybridized carbons (Fsp3) is 0.200. The molecular weight excluding hydrogens is 412 g/mol. The Morgan fingerprint density at radius 1 is 1.17 bits per heavy atom. The molecule has 0 aliphatic heterocycles. The van der Waals surface area contributed by atoms with Crippen molar-refractivity contribution in [1.82, 2.24) is 9.97 Å². The molecule has 1 aromatic heterocycles. The van der Waals surface area contributed by atoms with E-state index in [9.17, 15) is 8.42 Å². The molecule has 0 amide bonds. The molecule has 2 aromatic carbocycles. The molecule has 1 heterocycles. The summed E-state index contributed by atoms with van der Waals surface area (Å²) in [6.45, 7) is 2.32. The Morgan fingerprint density at radius 2 is 1.97 bits per heavy atom. The fourth-order valence-electron chi connectivity index (χ4n) is 2.61. The van der Waals surface area contributed by atoms with E-state index in [1.54, 1.807) is 25.3 Å². The highest BCUT2D eigenvalue weighted by Gasteiger charge is 2.10. The van der Waals surface area contributed by atoms with Gasteiger partial charge in [-0.3, -0.25) is 0 Å². The number of hydrogen-bond acceptors (Lipinski definition) is 7. The maximum atomic E-state index is 11.7. The number of halogens is 1. The van der Waals surface area contributed by atoms with Crippen LogP contribution in [-0.4, -0.2) is 31.8 Å². The van der Waals surface area contributed by atoms with Gasteiger partial charge in [0.25, 0.3) is 0 Å². The minimum absolute atomic E-state index is 0.265. The second-order valence-electron chi connectivity index (χ2n) is 6.47. The summed E-state index contributed by atoms with van der Waals surface area (Å²) in [5.74, 6) is 1.53. The lowest BCUT2D eigenvalue weighted by atomic mass is 10.2. The summed E-state index contributed by atoms with van der Waals surface area (Å²) in [6, 6.07) is 12.4. The zero-order chi connectivity index (χ0) is 21.0. The van der Waals surface area contributed by atoms with Crippen LogP contribution >= 0.6 is 11.6 Å². The van der Waals surface area contributed by atoms with E-state index in [2.05, 4.69) is 20.6 Å². The molecule has 0 unspecified atom stereocenters. The number of rotatable bonds is 7. The van der Waals surface area contributed by atoms with E-state index in [4.69, 9.17) is 16.3 Å². The van der Waals surface area contributed by atoms with E-state index in [1.807, 2.05) is 31.2 Å². The first-order valence-electron chi connectivity index (χ1n) is 8.73. The van der Waals surface area contributed by atoms with Crippen molar-refractivity contribution in [2.24, 2.45) is 0 Å². The predicted octanol–water partition coefficient (Wildman–Crippen LogP) is 4.21. The molecule has 0 aliphatic rings. The molecular formula is C20H21ClN4O3S. The van der Waals surface area contributed by atoms with Crippen molar-refractivity contribution in [3.63, 3.8) is 0 Å². The summed E-state index contributed by atoms with van der Waals surface area (Å²) >= 11 is 6.22. The standard InChI is InChI=1S/C20H21ClN4O3S/c1-13-7-8-15(28-2)10-18(13)24-20-23-12-17(21)19(25-20)22-11-14-5-4-6-16(9-14)29(3,26)27/h4-10,12H,11H2,1-3H3,(H2,22,23,24,25). The first kappa shape index (κ1) is 20.9. The van der Waals surface area contributed by atoms with E-state index in [-0.39, 0.29) is 4.90 Å². The molecule has 3 aromatic rings. The highest BCUT2D eigenvalue weighted by molar-refractivity contribution is 7.90. The van der Waals surface area contributed by atoms with E-state index in [0.29, 0.717) is 23.3 Å². The van der Waals surface area contributed by atoms with Gasteiger partial charge in [-0.2, -0.15) is 4.98 Å². The van der Waals surface area contributed by atoms with Gasteiger partial charge in [-0.1, -0.05) is 29.8 Å². The monoisotopic (exact) mass is 432 g/mol. The van der Waals surface area contributed by atoms with Crippen LogP contribution < -0.4 is 15.4 Å². The first-order chi connectivity index (χ1) is 13.8. The molecule has 29 heavy (non-hydrogen) atoms. The third kappa shape index (κ3) is 5.36. The number of hydrogen-bond donors (Lipinski definition) is 2. The Bertz CT molecular complexity index is 1140. The van der Waals surface area contributed by atoms with Crippen molar-refractivity contribution in [3.05, 3.63) is 64.8 Å². The van der Waals surface area contributed by atoms with Gasteiger partial charge in [0, 0.05) is 24.6 Å². The molecule has 0 atom stereocenters. The lowest BCUT2D eigenvalue weighted by molar-refractivity contribution is 0.415. The van der Waals surface area contributed by atoms with Gasteiger partial charge < -0.3 is 15.4 Å². The van der Waals surface area contributed by atoms with E-state index in [0.717, 1.165) is 22.6 Å². The second kappa shape index (κ2) is 8.67. The minimum atomic E-state index is -3.27. The van der Waals surface area contributed by atoms with Gasteiger partial charge in [0.2, 0.25) is 5.95 Å². The summed E-state index contributed by atoms with van der Waals surface area (Å²) in [4.78, 5) is 8.91. The zero-order valence-electron chi connectivity index (χ0n) is 16.2. The highest BCUT2D eigenvalue weighted by atomic mass is 35.5. The van der Waals surface area contributed by atoms with E-state index < -0.39 is 9.84 Å². The number of aromatic nitrogens is 2. The van der Waals surface area contributed by atoms with Crippen molar-refractivity contribution >= 4 is 38.9 Å². The predicted molar refractivity (Wildman–Crippen MR) is 115 cm³/mol. The first-order valence-corrected chi connectivity index (χ1v) is 11.0. The Balaban J connectivity index is 1.78. The largest absolute Gasteiger partial charge is 0.497 e. The van der Waals surface area contributed by atoms with Crippen LogP contribution in [0.25, 0.3) is 0 Å². The maximum Gasteiger partial charge on any atom is 0.229 e. The molecule has 0 saturated carbocycles. The number of ether oxygens (including phenoxy) is 1. The molecule has 0 aliphatic carbocycles. The quantitative estimate of drug-likeness (QED) is 0.577. The summed E-state index contributed by atoms with van der Waals surface area (Å²) < 4.78 is 28.7. The molecule has 3 rings (SSSR count). The number of nitrogens with one attached hydrogen (secondary N) is 2. The van der Waals surface area contributed by atoms with E-state index in [1.165, 1.54) is 12.5 Å². The summed E-state index contributed by atoms with van der Waals surface area (Å²) in [7, 11) is -1.66. The van der Waals surface area contributed by atoms with Gasteiger partial charge in [-0.15, -0.1) is 0 Å². The van der Waals surface area contributed by atoms with Crippen LogP contribution in [0.1, 0.15) is 11.1 Å². The van der Waals surface area contributed by atoms with Crippen LogP contribution in [0.2, 0.25) is 5.02 Å². The third-order valence-corrected chi connectivity index (χ3v) is 5.61. The summed E-state index contributed by atoms with van der Waals surface area (Å²) in [5, 5.41) is 6.65. The van der Waals surface area contributed by atoms with Crippen LogP contribution in [0.5, 0.6) is 5.75 Å². The van der Waals surface area contributed by atoms with Gasteiger partial charge in [-0.05, 0) is 36.2 Å². The average molecular weight is 433 g/mol. The van der Waals surface area contributed by atoms with Crippen molar-refractivity contribution in [3.8, 4) is 5.75 Å². The second-order valence-corrected chi connectivity index (χ2v) is 8.89. The van der Waals surface area contributed by atoms with Crippen molar-refractivity contribution in [1.29, 1.82) is 0 Å². The third-order valence-electron chi connectivity index (χ3n) is 4.22. The number of nitrogens with zero attached hydrogens (tertiary/aromatic N) is 2. The fourth-order valence-corrected chi connectivity index (χ4v) is 3.46. The van der Waals surface area contributed by atoms with Crippen LogP contribution in [0.15, 0.2) is 53.6 Å². The van der Waals surface area contributed by atoms with Gasteiger partial charge in [0.1, 0.15) is 10.8 Å². The van der Waals surface area contributed by atoms with Gasteiger partial charge >= 0.3 is 0 Å². The molecule has 7 nitrogen and oxygen atoms in total. The Kier molecular flexibility index (Phi) is 6.24. The SMILES string of the molecule is COc1ccc(C)c(Nc2ncc(Cl)c(NCc3cccc(S(C)(=O)=O)c3)n2)c1. The van der Waals surface area contributed by atoms with Gasteiger partial charge in [0.05, 0.1) is 18.2 Å². The lowest BCUT2D eigenvalue weighted by Gasteiger charge is -2.12. The molecule has 9 heteroatoms. The molecule has 2 N–H and O–H groups in total. The van der Waals surface area contributed by atoms with Gasteiger partial charge in [0.15, 0.2) is 15.7 Å². The molecule has 0 saturated heterocycles. The number of anilines is 3. The summed E-state index contributed by atoms with van der Waals surface area (Å²) in [5.41, 5.74) is 2.62. The van der Waals surface area contributed by atoms with Crippen LogP contribution in [-0.2, 0) is 16.4 Å². The Labute approximate surface area is 175 Å². The molecule has 0 spiro atoms. The van der Waals surface area contributed by atoms with Crippen molar-refractivity contribution in [2.75, 3.05) is 24.0 Å². The Morgan fingerprint density at radius 3 is 2.69 bits per heavy atom. The summed E-state index contributed by atoms with van der Waals surface area (Å²) in [6.07, 6.45) is 2.68. The number of aryl methyl sites for hydroxylation is 1. The molecule has 0 bridgehead atoms. The lowest BCUT2D eigenvalue weighted by Crippen LogP contribution is -2.06. The molecule has 0 radical (unpaired) electrons. The van der Waals surface area contributed by atoms with E-state index >= 15 is 0 Å².